The molecule has 0 spiro atoms. The molecule has 0 unspecified atom stereocenters. The predicted molar refractivity (Wildman–Crippen MR) is 103 cm³/mol. The molecule has 0 heterocycles. The highest BCUT2D eigenvalue weighted by Crippen LogP contribution is 2.30. The molecule has 0 bridgehead atoms. The number of aromatic hydroxyl groups is 1. The molecule has 0 aliphatic rings. The van der Waals surface area contributed by atoms with Gasteiger partial charge in [0.05, 0.1) is 6.10 Å². The normalized spacial score (nSPS) is 10.1. The van der Waals surface area contributed by atoms with E-state index in [0.29, 0.717) is 5.75 Å². The maximum Gasteiger partial charge on any atom is 0.327 e. The highest BCUT2D eigenvalue weighted by Gasteiger charge is 2.09. The third-order valence-corrected chi connectivity index (χ3v) is 3.68. The van der Waals surface area contributed by atoms with Crippen LogP contribution >= 0.6 is 0 Å². The molecule has 25 heavy (non-hydrogen) atoms. The van der Waals surface area contributed by atoms with Crippen LogP contribution in [0.15, 0.2) is 30.9 Å². The predicted octanol–water partition coefficient (Wildman–Crippen LogP) is 5.73. The van der Waals surface area contributed by atoms with Gasteiger partial charge in [0, 0.05) is 11.6 Å². The van der Waals surface area contributed by atoms with E-state index < -0.39 is 5.97 Å². The van der Waals surface area contributed by atoms with E-state index in [4.69, 9.17) is 9.84 Å². The van der Waals surface area contributed by atoms with Crippen molar-refractivity contribution in [2.45, 2.75) is 78.2 Å². The van der Waals surface area contributed by atoms with E-state index in [-0.39, 0.29) is 6.10 Å². The Balaban J connectivity index is 0.00000101. The lowest BCUT2D eigenvalue weighted by molar-refractivity contribution is -0.131. The molecule has 0 saturated carbocycles. The summed E-state index contributed by atoms with van der Waals surface area (Å²) in [7, 11) is 0. The number of carboxylic acid groups (broad SMARTS) is 1. The summed E-state index contributed by atoms with van der Waals surface area (Å²) >= 11 is 0. The first-order chi connectivity index (χ1) is 11.9. The number of hydrogen-bond acceptors (Lipinski definition) is 3. The molecule has 0 amide bonds. The molecule has 2 N–H and O–H groups in total. The van der Waals surface area contributed by atoms with Crippen LogP contribution in [0.2, 0.25) is 0 Å². The topological polar surface area (TPSA) is 66.8 Å². The van der Waals surface area contributed by atoms with Gasteiger partial charge in [-0.05, 0) is 38.8 Å². The van der Waals surface area contributed by atoms with Crippen LogP contribution in [-0.2, 0) is 11.2 Å². The molecular formula is C21H34O4. The third-order valence-electron chi connectivity index (χ3n) is 3.68. The van der Waals surface area contributed by atoms with Gasteiger partial charge >= 0.3 is 5.97 Å². The van der Waals surface area contributed by atoms with Crippen molar-refractivity contribution in [3.63, 3.8) is 0 Å². The molecule has 0 aliphatic heterocycles. The SMILES string of the molecule is C=CC(=O)O.CCCCCCCCCc1c(O)cccc1OC(C)C. The quantitative estimate of drug-likeness (QED) is 0.395. The first-order valence-electron chi connectivity index (χ1n) is 9.25. The Bertz CT molecular complexity index is 495. The van der Waals surface area contributed by atoms with Crippen LogP contribution in [0.4, 0.5) is 0 Å². The minimum Gasteiger partial charge on any atom is -0.508 e. The summed E-state index contributed by atoms with van der Waals surface area (Å²) < 4.78 is 5.78. The van der Waals surface area contributed by atoms with E-state index in [1.165, 1.54) is 38.5 Å². The van der Waals surface area contributed by atoms with Crippen molar-refractivity contribution in [2.75, 3.05) is 0 Å². The number of aliphatic carboxylic acids is 1. The molecule has 1 aromatic rings. The van der Waals surface area contributed by atoms with E-state index in [1.54, 1.807) is 6.07 Å². The van der Waals surface area contributed by atoms with Gasteiger partial charge < -0.3 is 14.9 Å². The Labute approximate surface area is 152 Å². The first kappa shape index (κ1) is 23.0. The first-order valence-corrected chi connectivity index (χ1v) is 9.25. The van der Waals surface area contributed by atoms with Gasteiger partial charge in [-0.2, -0.15) is 0 Å². The summed E-state index contributed by atoms with van der Waals surface area (Å²) in [5, 5.41) is 17.6. The van der Waals surface area contributed by atoms with Crippen molar-refractivity contribution in [1.29, 1.82) is 0 Å². The minimum atomic E-state index is -0.981. The molecule has 4 nitrogen and oxygen atoms in total. The fraction of sp³-hybridized carbons (Fsp3) is 0.571. The second-order valence-electron chi connectivity index (χ2n) is 6.33. The van der Waals surface area contributed by atoms with Crippen molar-refractivity contribution in [3.05, 3.63) is 36.4 Å². The molecule has 0 atom stereocenters. The number of ether oxygens (including phenoxy) is 1. The molecule has 142 valence electrons. The van der Waals surface area contributed by atoms with E-state index >= 15 is 0 Å². The van der Waals surface area contributed by atoms with Crippen LogP contribution in [0.3, 0.4) is 0 Å². The molecule has 4 heteroatoms. The monoisotopic (exact) mass is 350 g/mol. The van der Waals surface area contributed by atoms with Crippen molar-refractivity contribution in [3.8, 4) is 11.5 Å². The van der Waals surface area contributed by atoms with Crippen molar-refractivity contribution in [2.24, 2.45) is 0 Å². The number of hydrogen-bond donors (Lipinski definition) is 2. The summed E-state index contributed by atoms with van der Waals surface area (Å²) in [6.45, 7) is 9.24. The molecule has 1 rings (SSSR count). The average molecular weight is 350 g/mol. The lowest BCUT2D eigenvalue weighted by Crippen LogP contribution is -2.07. The highest BCUT2D eigenvalue weighted by molar-refractivity contribution is 5.78. The van der Waals surface area contributed by atoms with Gasteiger partial charge in [-0.3, -0.25) is 0 Å². The van der Waals surface area contributed by atoms with Crippen LogP contribution in [-0.4, -0.2) is 22.3 Å². The molecular weight excluding hydrogens is 316 g/mol. The van der Waals surface area contributed by atoms with Crippen LogP contribution in [0.5, 0.6) is 11.5 Å². The second kappa shape index (κ2) is 14.4. The average Bonchev–Trinajstić information content (AvgIpc) is 2.56. The molecule has 0 fully saturated rings. The largest absolute Gasteiger partial charge is 0.508 e. The Hall–Kier alpha value is -1.97. The number of benzene rings is 1. The Kier molecular flexibility index (Phi) is 13.2. The zero-order valence-electron chi connectivity index (χ0n) is 16.0. The minimum absolute atomic E-state index is 0.143. The number of carboxylic acids is 1. The number of phenols is 1. The number of carbonyl (C=O) groups is 1. The number of rotatable bonds is 11. The zero-order valence-corrected chi connectivity index (χ0v) is 16.0. The molecule has 0 aromatic heterocycles. The second-order valence-corrected chi connectivity index (χ2v) is 6.33. The van der Waals surface area contributed by atoms with Gasteiger partial charge in [0.1, 0.15) is 11.5 Å². The van der Waals surface area contributed by atoms with Gasteiger partial charge in [0.25, 0.3) is 0 Å². The Morgan fingerprint density at radius 3 is 2.24 bits per heavy atom. The smallest absolute Gasteiger partial charge is 0.327 e. The zero-order chi connectivity index (χ0) is 19.1. The summed E-state index contributed by atoms with van der Waals surface area (Å²) in [6.07, 6.45) is 10.9. The van der Waals surface area contributed by atoms with Crippen LogP contribution in [0.1, 0.15) is 71.3 Å². The van der Waals surface area contributed by atoms with Gasteiger partial charge in [-0.15, -0.1) is 0 Å². The molecule has 0 saturated heterocycles. The highest BCUT2D eigenvalue weighted by atomic mass is 16.5. The molecule has 0 aliphatic carbocycles. The van der Waals surface area contributed by atoms with Crippen LogP contribution in [0, 0.1) is 0 Å². The van der Waals surface area contributed by atoms with Crippen LogP contribution in [0.25, 0.3) is 0 Å². The van der Waals surface area contributed by atoms with E-state index in [1.807, 2.05) is 26.0 Å². The standard InChI is InChI=1S/C18H30O2.C3H4O2/c1-4-5-6-7-8-9-10-12-16-17(19)13-11-14-18(16)20-15(2)3;1-2-3(4)5/h11,13-15,19H,4-10,12H2,1-3H3;2H,1H2,(H,4,5). The van der Waals surface area contributed by atoms with Crippen molar-refractivity contribution >= 4 is 5.97 Å². The van der Waals surface area contributed by atoms with Gasteiger partial charge in [-0.1, -0.05) is 58.1 Å². The Morgan fingerprint density at radius 1 is 1.16 bits per heavy atom. The van der Waals surface area contributed by atoms with Gasteiger partial charge in [0.15, 0.2) is 0 Å². The van der Waals surface area contributed by atoms with Crippen molar-refractivity contribution < 1.29 is 19.7 Å². The lowest BCUT2D eigenvalue weighted by Gasteiger charge is -2.15. The van der Waals surface area contributed by atoms with E-state index in [0.717, 1.165) is 30.2 Å². The van der Waals surface area contributed by atoms with Gasteiger partial charge in [0.2, 0.25) is 0 Å². The Morgan fingerprint density at radius 2 is 1.72 bits per heavy atom. The summed E-state index contributed by atoms with van der Waals surface area (Å²) in [5.74, 6) is 0.227. The van der Waals surface area contributed by atoms with E-state index in [9.17, 15) is 9.90 Å². The number of unbranched alkanes of at least 4 members (excludes halogenated alkanes) is 6. The maximum atomic E-state index is 10.00. The van der Waals surface area contributed by atoms with Crippen LogP contribution < -0.4 is 4.74 Å². The van der Waals surface area contributed by atoms with Crippen molar-refractivity contribution in [1.82, 2.24) is 0 Å². The summed E-state index contributed by atoms with van der Waals surface area (Å²) in [4.78, 5) is 9.25. The van der Waals surface area contributed by atoms with E-state index in [2.05, 4.69) is 13.5 Å². The fourth-order valence-corrected chi connectivity index (χ4v) is 2.43. The third kappa shape index (κ3) is 12.1. The lowest BCUT2D eigenvalue weighted by atomic mass is 10.0. The van der Waals surface area contributed by atoms with Gasteiger partial charge in [-0.25, -0.2) is 4.79 Å². The fourth-order valence-electron chi connectivity index (χ4n) is 2.43. The molecule has 0 radical (unpaired) electrons. The maximum absolute atomic E-state index is 10.00. The molecule has 1 aromatic carbocycles. The summed E-state index contributed by atoms with van der Waals surface area (Å²) in [5.41, 5.74) is 0.967. The number of phenolic OH excluding ortho intramolecular Hbond substituents is 1. The summed E-state index contributed by atoms with van der Waals surface area (Å²) in [6, 6.07) is 5.56.